The molecular weight excluding hydrogens is 240 g/mol. The summed E-state index contributed by atoms with van der Waals surface area (Å²) in [4.78, 5) is 11.8. The van der Waals surface area contributed by atoms with E-state index in [4.69, 9.17) is 5.73 Å². The van der Waals surface area contributed by atoms with Gasteiger partial charge in [-0.25, -0.2) is 0 Å². The van der Waals surface area contributed by atoms with E-state index in [0.717, 1.165) is 5.56 Å². The lowest BCUT2D eigenvalue weighted by molar-refractivity contribution is -0.120. The Labute approximate surface area is 111 Å². The molecule has 0 aliphatic carbocycles. The summed E-state index contributed by atoms with van der Waals surface area (Å²) in [6, 6.07) is 14.2. The van der Waals surface area contributed by atoms with Gasteiger partial charge in [0.1, 0.15) is 5.75 Å². The number of hydrogen-bond acceptors (Lipinski definition) is 3. The molecule has 19 heavy (non-hydrogen) atoms. The average Bonchev–Trinajstić information content (AvgIpc) is 2.38. The highest BCUT2D eigenvalue weighted by atomic mass is 16.3. The maximum Gasteiger partial charge on any atom is 0.224 e. The van der Waals surface area contributed by atoms with E-state index in [1.165, 1.54) is 0 Å². The number of amides is 1. The highest BCUT2D eigenvalue weighted by molar-refractivity contribution is 5.78. The van der Waals surface area contributed by atoms with Crippen LogP contribution in [0.4, 0.5) is 5.69 Å². The first-order valence-electron chi connectivity index (χ1n) is 6.03. The molecule has 0 aromatic heterocycles. The number of para-hydroxylation sites is 1. The van der Waals surface area contributed by atoms with Gasteiger partial charge in [0.25, 0.3) is 0 Å². The Bertz CT molecular complexity index is 582. The van der Waals surface area contributed by atoms with Crippen LogP contribution in [-0.4, -0.2) is 11.0 Å². The molecule has 4 N–H and O–H groups in total. The van der Waals surface area contributed by atoms with Gasteiger partial charge in [0.05, 0.1) is 6.42 Å². The van der Waals surface area contributed by atoms with E-state index in [2.05, 4.69) is 5.32 Å². The number of nitrogens with two attached hydrogens (primary N) is 1. The van der Waals surface area contributed by atoms with Crippen molar-refractivity contribution < 1.29 is 9.90 Å². The largest absolute Gasteiger partial charge is 0.508 e. The van der Waals surface area contributed by atoms with Crippen molar-refractivity contribution in [3.63, 3.8) is 0 Å². The summed E-state index contributed by atoms with van der Waals surface area (Å²) in [6.07, 6.45) is 0.276. The van der Waals surface area contributed by atoms with Crippen molar-refractivity contribution in [3.8, 4) is 5.75 Å². The Morgan fingerprint density at radius 2 is 1.95 bits per heavy atom. The molecule has 98 valence electrons. The average molecular weight is 256 g/mol. The van der Waals surface area contributed by atoms with Crippen LogP contribution in [0.15, 0.2) is 48.5 Å². The second kappa shape index (κ2) is 5.91. The topological polar surface area (TPSA) is 75.4 Å². The molecule has 0 radical (unpaired) electrons. The van der Waals surface area contributed by atoms with Crippen molar-refractivity contribution in [3.05, 3.63) is 59.7 Å². The van der Waals surface area contributed by atoms with E-state index in [0.29, 0.717) is 17.8 Å². The standard InChI is InChI=1S/C15H16N2O2/c16-13-6-3-4-11(8-13)9-15(19)17-10-12-5-1-2-7-14(12)18/h1-8,18H,9-10,16H2,(H,17,19). The molecule has 2 aromatic rings. The number of phenolic OH excluding ortho intramolecular Hbond substituents is 1. The van der Waals surface area contributed by atoms with E-state index >= 15 is 0 Å². The van der Waals surface area contributed by atoms with Gasteiger partial charge in [0.15, 0.2) is 0 Å². The Kier molecular flexibility index (Phi) is 4.03. The molecule has 0 spiro atoms. The van der Waals surface area contributed by atoms with E-state index < -0.39 is 0 Å². The Balaban J connectivity index is 1.90. The summed E-state index contributed by atoms with van der Waals surface area (Å²) in [5, 5.41) is 12.3. The van der Waals surface area contributed by atoms with Crippen LogP contribution in [0.3, 0.4) is 0 Å². The lowest BCUT2D eigenvalue weighted by Gasteiger charge is -2.07. The number of carbonyl (C=O) groups is 1. The first-order chi connectivity index (χ1) is 9.15. The second-order valence-electron chi connectivity index (χ2n) is 4.33. The number of rotatable bonds is 4. The first kappa shape index (κ1) is 13.0. The van der Waals surface area contributed by atoms with Gasteiger partial charge in [-0.05, 0) is 23.8 Å². The van der Waals surface area contributed by atoms with Gasteiger partial charge in [0.2, 0.25) is 5.91 Å². The summed E-state index contributed by atoms with van der Waals surface area (Å²) >= 11 is 0. The summed E-state index contributed by atoms with van der Waals surface area (Å²) < 4.78 is 0. The molecule has 0 heterocycles. The smallest absolute Gasteiger partial charge is 0.224 e. The molecule has 4 heteroatoms. The van der Waals surface area contributed by atoms with Crippen molar-refractivity contribution in [2.45, 2.75) is 13.0 Å². The third kappa shape index (κ3) is 3.74. The SMILES string of the molecule is Nc1cccc(CC(=O)NCc2ccccc2O)c1. The normalized spacial score (nSPS) is 10.1. The highest BCUT2D eigenvalue weighted by Crippen LogP contribution is 2.15. The summed E-state index contributed by atoms with van der Waals surface area (Å²) in [6.45, 7) is 0.313. The van der Waals surface area contributed by atoms with Gasteiger partial charge in [-0.1, -0.05) is 30.3 Å². The number of nitrogen functional groups attached to an aromatic ring is 1. The zero-order valence-corrected chi connectivity index (χ0v) is 10.5. The zero-order valence-electron chi connectivity index (χ0n) is 10.5. The number of aromatic hydroxyl groups is 1. The Morgan fingerprint density at radius 1 is 1.16 bits per heavy atom. The molecule has 1 amide bonds. The van der Waals surface area contributed by atoms with Crippen LogP contribution in [0.5, 0.6) is 5.75 Å². The lowest BCUT2D eigenvalue weighted by atomic mass is 10.1. The molecule has 0 saturated carbocycles. The monoisotopic (exact) mass is 256 g/mol. The summed E-state index contributed by atoms with van der Waals surface area (Å²) in [5.41, 5.74) is 7.87. The number of hydrogen-bond donors (Lipinski definition) is 3. The number of phenols is 1. The first-order valence-corrected chi connectivity index (χ1v) is 6.03. The minimum Gasteiger partial charge on any atom is -0.508 e. The van der Waals surface area contributed by atoms with E-state index in [1.807, 2.05) is 18.2 Å². The fourth-order valence-electron chi connectivity index (χ4n) is 1.81. The van der Waals surface area contributed by atoms with Gasteiger partial charge in [-0.15, -0.1) is 0 Å². The van der Waals surface area contributed by atoms with Crippen LogP contribution >= 0.6 is 0 Å². The Hall–Kier alpha value is -2.49. The number of benzene rings is 2. The van der Waals surface area contributed by atoms with Crippen molar-refractivity contribution >= 4 is 11.6 Å². The molecular formula is C15H16N2O2. The molecule has 0 aliphatic heterocycles. The maximum atomic E-state index is 11.8. The summed E-state index contributed by atoms with van der Waals surface area (Å²) in [7, 11) is 0. The second-order valence-corrected chi connectivity index (χ2v) is 4.33. The van der Waals surface area contributed by atoms with Gasteiger partial charge in [-0.3, -0.25) is 4.79 Å². The van der Waals surface area contributed by atoms with Gasteiger partial charge >= 0.3 is 0 Å². The quantitative estimate of drug-likeness (QED) is 0.730. The fourth-order valence-corrected chi connectivity index (χ4v) is 1.81. The third-order valence-electron chi connectivity index (χ3n) is 2.78. The highest BCUT2D eigenvalue weighted by Gasteiger charge is 2.05. The number of anilines is 1. The molecule has 0 saturated heterocycles. The van der Waals surface area contributed by atoms with Gasteiger partial charge in [-0.2, -0.15) is 0 Å². The number of nitrogens with one attached hydrogen (secondary N) is 1. The van der Waals surface area contributed by atoms with E-state index in [1.54, 1.807) is 30.3 Å². The van der Waals surface area contributed by atoms with Crippen LogP contribution in [0.2, 0.25) is 0 Å². The van der Waals surface area contributed by atoms with E-state index in [9.17, 15) is 9.90 Å². The maximum absolute atomic E-state index is 11.8. The Morgan fingerprint density at radius 3 is 2.68 bits per heavy atom. The molecule has 2 rings (SSSR count). The van der Waals surface area contributed by atoms with Crippen molar-refractivity contribution in [1.82, 2.24) is 5.32 Å². The van der Waals surface area contributed by atoms with Crippen molar-refractivity contribution in [2.75, 3.05) is 5.73 Å². The molecule has 0 bridgehead atoms. The minimum absolute atomic E-state index is 0.103. The van der Waals surface area contributed by atoms with Crippen LogP contribution < -0.4 is 11.1 Å². The molecule has 0 aliphatic rings. The van der Waals surface area contributed by atoms with Gasteiger partial charge < -0.3 is 16.2 Å². The molecule has 0 fully saturated rings. The van der Waals surface area contributed by atoms with Crippen LogP contribution in [0, 0.1) is 0 Å². The van der Waals surface area contributed by atoms with Crippen molar-refractivity contribution in [1.29, 1.82) is 0 Å². The number of carbonyl (C=O) groups excluding carboxylic acids is 1. The predicted molar refractivity (Wildman–Crippen MR) is 74.5 cm³/mol. The summed E-state index contributed by atoms with van der Waals surface area (Å²) in [5.74, 6) is 0.0839. The minimum atomic E-state index is -0.103. The fraction of sp³-hybridized carbons (Fsp3) is 0.133. The predicted octanol–water partition coefficient (Wildman–Crippen LogP) is 1.83. The van der Waals surface area contributed by atoms with E-state index in [-0.39, 0.29) is 18.1 Å². The zero-order chi connectivity index (χ0) is 13.7. The third-order valence-corrected chi connectivity index (χ3v) is 2.78. The van der Waals surface area contributed by atoms with Crippen LogP contribution in [0.25, 0.3) is 0 Å². The van der Waals surface area contributed by atoms with Crippen LogP contribution in [-0.2, 0) is 17.8 Å². The van der Waals surface area contributed by atoms with Crippen LogP contribution in [0.1, 0.15) is 11.1 Å². The molecule has 0 unspecified atom stereocenters. The van der Waals surface area contributed by atoms with Crippen molar-refractivity contribution in [2.24, 2.45) is 0 Å². The molecule has 2 aromatic carbocycles. The van der Waals surface area contributed by atoms with Gasteiger partial charge in [0, 0.05) is 17.8 Å². The molecule has 4 nitrogen and oxygen atoms in total. The molecule has 0 atom stereocenters. The lowest BCUT2D eigenvalue weighted by Crippen LogP contribution is -2.24.